The van der Waals surface area contributed by atoms with Crippen LogP contribution in [0.25, 0.3) is 0 Å². The Hall–Kier alpha value is -0.230. The van der Waals surface area contributed by atoms with Crippen LogP contribution in [-0.2, 0) is 7.05 Å². The SMILES string of the molecule is CN1CCSCC1C(O)c1c(Cl)cnn1C. The van der Waals surface area contributed by atoms with Gasteiger partial charge in [-0.1, -0.05) is 11.6 Å². The zero-order valence-electron chi connectivity index (χ0n) is 9.43. The number of aryl methyl sites for hydroxylation is 1. The maximum Gasteiger partial charge on any atom is 0.113 e. The summed E-state index contributed by atoms with van der Waals surface area (Å²) in [7, 11) is 3.85. The molecule has 0 aliphatic carbocycles. The molecule has 2 unspecified atom stereocenters. The number of hydrogen-bond acceptors (Lipinski definition) is 4. The molecule has 2 rings (SSSR count). The Kier molecular flexibility index (Phi) is 3.79. The number of aliphatic hydroxyl groups is 1. The predicted molar refractivity (Wildman–Crippen MR) is 66.9 cm³/mol. The van der Waals surface area contributed by atoms with E-state index in [-0.39, 0.29) is 6.04 Å². The van der Waals surface area contributed by atoms with E-state index in [0.29, 0.717) is 10.7 Å². The van der Waals surface area contributed by atoms with E-state index >= 15 is 0 Å². The molecule has 1 N–H and O–H groups in total. The van der Waals surface area contributed by atoms with Gasteiger partial charge in [0.05, 0.1) is 23.0 Å². The maximum atomic E-state index is 10.4. The highest BCUT2D eigenvalue weighted by molar-refractivity contribution is 7.99. The van der Waals surface area contributed by atoms with E-state index in [9.17, 15) is 5.11 Å². The molecule has 0 spiro atoms. The third-order valence-electron chi connectivity index (χ3n) is 3.03. The summed E-state index contributed by atoms with van der Waals surface area (Å²) in [5.41, 5.74) is 0.709. The summed E-state index contributed by atoms with van der Waals surface area (Å²) in [6, 6.07) is 0.117. The van der Waals surface area contributed by atoms with Crippen molar-refractivity contribution in [2.24, 2.45) is 7.05 Å². The number of aliphatic hydroxyl groups excluding tert-OH is 1. The van der Waals surface area contributed by atoms with E-state index in [0.717, 1.165) is 18.1 Å². The van der Waals surface area contributed by atoms with E-state index in [1.807, 2.05) is 18.8 Å². The average molecular weight is 262 g/mol. The topological polar surface area (TPSA) is 41.3 Å². The molecule has 0 bridgehead atoms. The summed E-state index contributed by atoms with van der Waals surface area (Å²) in [5.74, 6) is 2.05. The molecule has 2 heterocycles. The van der Waals surface area contributed by atoms with Gasteiger partial charge in [-0.25, -0.2) is 0 Å². The number of thioether (sulfide) groups is 1. The van der Waals surface area contributed by atoms with Crippen LogP contribution in [0.15, 0.2) is 6.20 Å². The second-order valence-corrected chi connectivity index (χ2v) is 5.63. The van der Waals surface area contributed by atoms with E-state index in [1.54, 1.807) is 17.9 Å². The fraction of sp³-hybridized carbons (Fsp3) is 0.700. The monoisotopic (exact) mass is 261 g/mol. The van der Waals surface area contributed by atoms with E-state index in [1.165, 1.54) is 0 Å². The Balaban J connectivity index is 2.20. The number of likely N-dealkylation sites (N-methyl/N-ethyl adjacent to an activating group) is 1. The Morgan fingerprint density at radius 3 is 2.94 bits per heavy atom. The highest BCUT2D eigenvalue weighted by Gasteiger charge is 2.30. The first-order valence-electron chi connectivity index (χ1n) is 5.24. The molecule has 1 fully saturated rings. The Morgan fingerprint density at radius 1 is 1.62 bits per heavy atom. The molecular formula is C10H16ClN3OS. The Morgan fingerprint density at radius 2 is 2.38 bits per heavy atom. The van der Waals surface area contributed by atoms with Crippen LogP contribution < -0.4 is 0 Å². The van der Waals surface area contributed by atoms with Crippen molar-refractivity contribution < 1.29 is 5.11 Å². The smallest absolute Gasteiger partial charge is 0.113 e. The lowest BCUT2D eigenvalue weighted by Crippen LogP contribution is -2.43. The lowest BCUT2D eigenvalue weighted by Gasteiger charge is -2.35. The standard InChI is InChI=1S/C10H16ClN3OS/c1-13-3-4-16-6-8(13)10(15)9-7(11)5-12-14(9)2/h5,8,10,15H,3-4,6H2,1-2H3. The first-order valence-corrected chi connectivity index (χ1v) is 6.78. The van der Waals surface area contributed by atoms with Gasteiger partial charge in [-0.2, -0.15) is 16.9 Å². The average Bonchev–Trinajstić information content (AvgIpc) is 2.58. The minimum Gasteiger partial charge on any atom is -0.385 e. The number of nitrogens with zero attached hydrogens (tertiary/aromatic N) is 3. The molecule has 1 aliphatic heterocycles. The third-order valence-corrected chi connectivity index (χ3v) is 4.37. The second kappa shape index (κ2) is 4.96. The van der Waals surface area contributed by atoms with Crippen molar-refractivity contribution in [1.29, 1.82) is 0 Å². The second-order valence-electron chi connectivity index (χ2n) is 4.07. The molecule has 1 aromatic heterocycles. The third kappa shape index (κ3) is 2.22. The summed E-state index contributed by atoms with van der Waals surface area (Å²) in [5, 5.41) is 15.0. The van der Waals surface area contributed by atoms with Crippen molar-refractivity contribution >= 4 is 23.4 Å². The van der Waals surface area contributed by atoms with Crippen LogP contribution in [0.2, 0.25) is 5.02 Å². The first-order chi connectivity index (χ1) is 7.61. The van der Waals surface area contributed by atoms with Crippen LogP contribution in [0.3, 0.4) is 0 Å². The Bertz CT molecular complexity index is 351. The number of hydrogen-bond donors (Lipinski definition) is 1. The van der Waals surface area contributed by atoms with Gasteiger partial charge in [0, 0.05) is 25.1 Å². The summed E-state index contributed by atoms with van der Waals surface area (Å²) in [6.07, 6.45) is 1.01. The van der Waals surface area contributed by atoms with E-state index in [2.05, 4.69) is 10.00 Å². The highest BCUT2D eigenvalue weighted by Crippen LogP contribution is 2.30. The molecule has 0 amide bonds. The summed E-state index contributed by atoms with van der Waals surface area (Å²) >= 11 is 7.91. The molecule has 6 heteroatoms. The van der Waals surface area contributed by atoms with Gasteiger partial charge in [-0.3, -0.25) is 9.58 Å². The fourth-order valence-electron chi connectivity index (χ4n) is 1.97. The zero-order valence-corrected chi connectivity index (χ0v) is 11.0. The van der Waals surface area contributed by atoms with Crippen LogP contribution in [-0.4, -0.2) is 50.9 Å². The van der Waals surface area contributed by atoms with Crippen molar-refractivity contribution in [3.8, 4) is 0 Å². The van der Waals surface area contributed by atoms with E-state index < -0.39 is 6.10 Å². The summed E-state index contributed by atoms with van der Waals surface area (Å²) in [6.45, 7) is 1.00. The van der Waals surface area contributed by atoms with Crippen molar-refractivity contribution in [2.45, 2.75) is 12.1 Å². The molecule has 90 valence electrons. The van der Waals surface area contributed by atoms with Gasteiger partial charge in [0.1, 0.15) is 6.10 Å². The number of halogens is 1. The predicted octanol–water partition coefficient (Wildman–Crippen LogP) is 1.15. The molecule has 16 heavy (non-hydrogen) atoms. The van der Waals surface area contributed by atoms with Gasteiger partial charge in [0.2, 0.25) is 0 Å². The van der Waals surface area contributed by atoms with Gasteiger partial charge in [-0.05, 0) is 7.05 Å². The zero-order chi connectivity index (χ0) is 11.7. The van der Waals surface area contributed by atoms with Crippen LogP contribution >= 0.6 is 23.4 Å². The van der Waals surface area contributed by atoms with Gasteiger partial charge in [0.25, 0.3) is 0 Å². The van der Waals surface area contributed by atoms with Crippen molar-refractivity contribution in [3.63, 3.8) is 0 Å². The molecule has 2 atom stereocenters. The molecule has 4 nitrogen and oxygen atoms in total. The van der Waals surface area contributed by atoms with E-state index in [4.69, 9.17) is 11.6 Å². The molecular weight excluding hydrogens is 246 g/mol. The molecule has 1 saturated heterocycles. The normalized spacial score (nSPS) is 24.6. The molecule has 0 aromatic carbocycles. The van der Waals surface area contributed by atoms with Gasteiger partial charge in [-0.15, -0.1) is 0 Å². The largest absolute Gasteiger partial charge is 0.385 e. The van der Waals surface area contributed by atoms with Gasteiger partial charge in [0.15, 0.2) is 0 Å². The lowest BCUT2D eigenvalue weighted by molar-refractivity contribution is 0.0698. The van der Waals surface area contributed by atoms with Crippen molar-refractivity contribution in [1.82, 2.24) is 14.7 Å². The molecule has 0 saturated carbocycles. The summed E-state index contributed by atoms with van der Waals surface area (Å²) in [4.78, 5) is 2.19. The fourth-order valence-corrected chi connectivity index (χ4v) is 3.51. The Labute approximate surface area is 105 Å². The lowest BCUT2D eigenvalue weighted by atomic mass is 10.1. The minimum absolute atomic E-state index is 0.117. The quantitative estimate of drug-likeness (QED) is 0.867. The first kappa shape index (κ1) is 12.2. The molecule has 1 aliphatic rings. The minimum atomic E-state index is -0.571. The number of aromatic nitrogens is 2. The maximum absolute atomic E-state index is 10.4. The van der Waals surface area contributed by atoms with Crippen molar-refractivity contribution in [3.05, 3.63) is 16.9 Å². The van der Waals surface area contributed by atoms with Gasteiger partial charge < -0.3 is 5.11 Å². The molecule has 1 aromatic rings. The van der Waals surface area contributed by atoms with Crippen LogP contribution in [0.1, 0.15) is 11.8 Å². The van der Waals surface area contributed by atoms with Crippen LogP contribution in [0, 0.1) is 0 Å². The molecule has 0 radical (unpaired) electrons. The van der Waals surface area contributed by atoms with Gasteiger partial charge >= 0.3 is 0 Å². The van der Waals surface area contributed by atoms with Crippen LogP contribution in [0.4, 0.5) is 0 Å². The van der Waals surface area contributed by atoms with Crippen LogP contribution in [0.5, 0.6) is 0 Å². The highest BCUT2D eigenvalue weighted by atomic mass is 35.5. The number of rotatable bonds is 2. The summed E-state index contributed by atoms with van der Waals surface area (Å²) < 4.78 is 1.65. The van der Waals surface area contributed by atoms with Crippen molar-refractivity contribution in [2.75, 3.05) is 25.1 Å².